The monoisotopic (exact) mass is 279 g/mol. The Kier molecular flexibility index (Phi) is 3.81. The Morgan fingerprint density at radius 3 is 2.63 bits per heavy atom. The molecule has 7 heteroatoms. The summed E-state index contributed by atoms with van der Waals surface area (Å²) in [4.78, 5) is 22.4. The third kappa shape index (κ3) is 2.90. The fourth-order valence-electron chi connectivity index (χ4n) is 2.25. The lowest BCUT2D eigenvalue weighted by Crippen LogP contribution is -2.48. The molecular formula is C12H13N3O3S. The number of nitro groups is 1. The number of rotatable bonds is 3. The highest BCUT2D eigenvalue weighted by Crippen LogP contribution is 2.29. The quantitative estimate of drug-likeness (QED) is 0.679. The highest BCUT2D eigenvalue weighted by atomic mass is 32.1. The molecule has 1 N–H and O–H groups in total. The van der Waals surface area contributed by atoms with Crippen LogP contribution in [0.4, 0.5) is 5.00 Å². The Hall–Kier alpha value is -1.94. The van der Waals surface area contributed by atoms with Crippen molar-refractivity contribution in [3.05, 3.63) is 27.1 Å². The number of carbonyl (C=O) groups is 1. The minimum Gasteiger partial charge on any atom is -0.333 e. The average molecular weight is 279 g/mol. The van der Waals surface area contributed by atoms with Gasteiger partial charge in [-0.2, -0.15) is 5.26 Å². The van der Waals surface area contributed by atoms with Crippen LogP contribution in [0.25, 0.3) is 0 Å². The summed E-state index contributed by atoms with van der Waals surface area (Å²) >= 11 is 0.826. The molecule has 1 amide bonds. The molecule has 100 valence electrons. The van der Waals surface area contributed by atoms with Gasteiger partial charge in [0.15, 0.2) is 0 Å². The second-order valence-corrected chi connectivity index (χ2v) is 5.67. The van der Waals surface area contributed by atoms with E-state index in [1.54, 1.807) is 0 Å². The van der Waals surface area contributed by atoms with Crippen molar-refractivity contribution in [3.8, 4) is 6.07 Å². The molecule has 1 aromatic heterocycles. The zero-order valence-corrected chi connectivity index (χ0v) is 11.0. The van der Waals surface area contributed by atoms with Crippen molar-refractivity contribution in [1.82, 2.24) is 5.32 Å². The molecule has 1 aromatic rings. The van der Waals surface area contributed by atoms with Gasteiger partial charge in [-0.1, -0.05) is 30.6 Å². The van der Waals surface area contributed by atoms with E-state index in [2.05, 4.69) is 11.4 Å². The number of amides is 1. The van der Waals surface area contributed by atoms with E-state index in [9.17, 15) is 20.2 Å². The summed E-state index contributed by atoms with van der Waals surface area (Å²) < 4.78 is 0. The van der Waals surface area contributed by atoms with Gasteiger partial charge in [0.1, 0.15) is 5.54 Å². The Morgan fingerprint density at radius 1 is 1.42 bits per heavy atom. The first-order valence-corrected chi connectivity index (χ1v) is 6.86. The minimum absolute atomic E-state index is 0.0696. The first-order chi connectivity index (χ1) is 9.06. The summed E-state index contributed by atoms with van der Waals surface area (Å²) in [5, 5.41) is 22.5. The molecule has 1 fully saturated rings. The molecule has 0 bridgehead atoms. The van der Waals surface area contributed by atoms with Crippen LogP contribution in [0.2, 0.25) is 0 Å². The van der Waals surface area contributed by atoms with Crippen LogP contribution >= 0.6 is 11.3 Å². The standard InChI is InChI=1S/C12H13N3O3S/c13-8-12(6-2-1-3-7-12)14-11(16)9-4-5-10(19-9)15(17)18/h4-5H,1-3,6-7H2,(H,14,16). The van der Waals surface area contributed by atoms with Gasteiger partial charge in [0.25, 0.3) is 5.91 Å². The SMILES string of the molecule is N#CC1(NC(=O)c2ccc([N+](=O)[O-])s2)CCCCC1. The zero-order chi connectivity index (χ0) is 13.9. The number of thiophene rings is 1. The molecule has 0 saturated heterocycles. The van der Waals surface area contributed by atoms with Crippen molar-refractivity contribution >= 4 is 22.2 Å². The lowest BCUT2D eigenvalue weighted by molar-refractivity contribution is -0.380. The maximum absolute atomic E-state index is 12.0. The second kappa shape index (κ2) is 5.36. The number of carbonyl (C=O) groups excluding carboxylic acids is 1. The van der Waals surface area contributed by atoms with Gasteiger partial charge in [-0.05, 0) is 18.9 Å². The Morgan fingerprint density at radius 2 is 2.11 bits per heavy atom. The third-order valence-electron chi connectivity index (χ3n) is 3.27. The van der Waals surface area contributed by atoms with E-state index in [0.717, 1.165) is 30.6 Å². The predicted molar refractivity (Wildman–Crippen MR) is 69.9 cm³/mol. The summed E-state index contributed by atoms with van der Waals surface area (Å²) in [5.74, 6) is -0.401. The largest absolute Gasteiger partial charge is 0.333 e. The highest BCUT2D eigenvalue weighted by molar-refractivity contribution is 7.17. The molecule has 0 spiro atoms. The molecule has 1 aliphatic rings. The molecular weight excluding hydrogens is 266 g/mol. The lowest BCUT2D eigenvalue weighted by atomic mass is 9.83. The van der Waals surface area contributed by atoms with Crippen molar-refractivity contribution in [1.29, 1.82) is 5.26 Å². The smallest absolute Gasteiger partial charge is 0.324 e. The molecule has 1 aliphatic carbocycles. The van der Waals surface area contributed by atoms with Gasteiger partial charge in [-0.3, -0.25) is 14.9 Å². The summed E-state index contributed by atoms with van der Waals surface area (Å²) in [5.41, 5.74) is -0.811. The number of nitrogens with zero attached hydrogens (tertiary/aromatic N) is 2. The average Bonchev–Trinajstić information content (AvgIpc) is 2.89. The number of hydrogen-bond donors (Lipinski definition) is 1. The molecule has 6 nitrogen and oxygen atoms in total. The van der Waals surface area contributed by atoms with Gasteiger partial charge in [0, 0.05) is 6.07 Å². The normalized spacial score (nSPS) is 17.4. The van der Waals surface area contributed by atoms with Gasteiger partial charge in [0.2, 0.25) is 0 Å². The van der Waals surface area contributed by atoms with Gasteiger partial charge in [0.05, 0.1) is 15.9 Å². The summed E-state index contributed by atoms with van der Waals surface area (Å²) in [6.07, 6.45) is 4.19. The second-order valence-electron chi connectivity index (χ2n) is 4.60. The summed E-state index contributed by atoms with van der Waals surface area (Å²) in [7, 11) is 0. The fourth-order valence-corrected chi connectivity index (χ4v) is 2.96. The number of nitriles is 1. The molecule has 0 aromatic carbocycles. The van der Waals surface area contributed by atoms with Crippen LogP contribution in [0.1, 0.15) is 41.8 Å². The Labute approximate surface area is 114 Å². The van der Waals surface area contributed by atoms with E-state index in [4.69, 9.17) is 0 Å². The van der Waals surface area contributed by atoms with Gasteiger partial charge < -0.3 is 5.32 Å². The third-order valence-corrected chi connectivity index (χ3v) is 4.31. The predicted octanol–water partition coefficient (Wildman–Crippen LogP) is 2.61. The first-order valence-electron chi connectivity index (χ1n) is 6.04. The van der Waals surface area contributed by atoms with Crippen LogP contribution in [-0.2, 0) is 0 Å². The molecule has 0 aliphatic heterocycles. The summed E-state index contributed by atoms with van der Waals surface area (Å²) in [6, 6.07) is 4.91. The topological polar surface area (TPSA) is 96.0 Å². The van der Waals surface area contributed by atoms with Crippen molar-refractivity contribution in [3.63, 3.8) is 0 Å². The van der Waals surface area contributed by atoms with Crippen molar-refractivity contribution in [2.45, 2.75) is 37.6 Å². The lowest BCUT2D eigenvalue weighted by Gasteiger charge is -2.31. The minimum atomic E-state index is -0.811. The highest BCUT2D eigenvalue weighted by Gasteiger charge is 2.34. The van der Waals surface area contributed by atoms with Crippen molar-refractivity contribution < 1.29 is 9.72 Å². The maximum atomic E-state index is 12.0. The fraction of sp³-hybridized carbons (Fsp3) is 0.500. The Balaban J connectivity index is 2.11. The maximum Gasteiger partial charge on any atom is 0.324 e. The van der Waals surface area contributed by atoms with Crippen LogP contribution in [0.15, 0.2) is 12.1 Å². The number of nitrogens with one attached hydrogen (secondary N) is 1. The van der Waals surface area contributed by atoms with Crippen molar-refractivity contribution in [2.75, 3.05) is 0 Å². The summed E-state index contributed by atoms with van der Waals surface area (Å²) in [6.45, 7) is 0. The van der Waals surface area contributed by atoms with Crippen LogP contribution in [0, 0.1) is 21.4 Å². The van der Waals surface area contributed by atoms with E-state index in [-0.39, 0.29) is 9.88 Å². The molecule has 0 radical (unpaired) electrons. The van der Waals surface area contributed by atoms with Crippen LogP contribution in [0.3, 0.4) is 0 Å². The molecule has 1 saturated carbocycles. The van der Waals surface area contributed by atoms with Crippen LogP contribution in [0.5, 0.6) is 0 Å². The zero-order valence-electron chi connectivity index (χ0n) is 10.2. The molecule has 0 unspecified atom stereocenters. The van der Waals surface area contributed by atoms with Gasteiger partial charge in [-0.15, -0.1) is 0 Å². The van der Waals surface area contributed by atoms with E-state index in [1.807, 2.05) is 0 Å². The van der Waals surface area contributed by atoms with Gasteiger partial charge >= 0.3 is 5.00 Å². The van der Waals surface area contributed by atoms with E-state index in [0.29, 0.717) is 12.8 Å². The molecule has 1 heterocycles. The number of hydrogen-bond acceptors (Lipinski definition) is 5. The molecule has 19 heavy (non-hydrogen) atoms. The van der Waals surface area contributed by atoms with Crippen LogP contribution in [-0.4, -0.2) is 16.4 Å². The first kappa shape index (κ1) is 13.5. The molecule has 0 atom stereocenters. The van der Waals surface area contributed by atoms with Gasteiger partial charge in [-0.25, -0.2) is 0 Å². The van der Waals surface area contributed by atoms with E-state index >= 15 is 0 Å². The van der Waals surface area contributed by atoms with Crippen molar-refractivity contribution in [2.24, 2.45) is 0 Å². The van der Waals surface area contributed by atoms with Crippen LogP contribution < -0.4 is 5.32 Å². The molecule has 2 rings (SSSR count). The van der Waals surface area contributed by atoms with E-state index in [1.165, 1.54) is 12.1 Å². The van der Waals surface area contributed by atoms with E-state index < -0.39 is 16.4 Å². The Bertz CT molecular complexity index is 541.